The zero-order valence-electron chi connectivity index (χ0n) is 6.75. The Morgan fingerprint density at radius 2 is 2.15 bits per heavy atom. The van der Waals surface area contributed by atoms with Crippen LogP contribution < -0.4 is 5.73 Å². The van der Waals surface area contributed by atoms with Gasteiger partial charge in [0.2, 0.25) is 6.43 Å². The van der Waals surface area contributed by atoms with Crippen molar-refractivity contribution in [2.45, 2.75) is 12.3 Å². The number of aromatic nitrogens is 1. The molecule has 0 aliphatic rings. The van der Waals surface area contributed by atoms with Gasteiger partial charge in [-0.05, 0) is 12.1 Å². The summed E-state index contributed by atoms with van der Waals surface area (Å²) in [5.74, 6) is -2.06. The Hall–Kier alpha value is -1.10. The largest absolute Gasteiger partial charge is 0.330 e. The van der Waals surface area contributed by atoms with Crippen LogP contribution in [0.5, 0.6) is 0 Å². The number of hydrogen-bond donors (Lipinski definition) is 1. The van der Waals surface area contributed by atoms with E-state index in [0.29, 0.717) is 0 Å². The molecule has 5 heteroatoms. The first-order valence-corrected chi connectivity index (χ1v) is 3.75. The summed E-state index contributed by atoms with van der Waals surface area (Å²) in [7, 11) is 0. The average molecular weight is 190 g/mol. The molecule has 0 saturated heterocycles. The second-order valence-corrected chi connectivity index (χ2v) is 2.55. The first-order chi connectivity index (χ1) is 6.16. The molecule has 1 unspecified atom stereocenters. The number of halogens is 3. The van der Waals surface area contributed by atoms with Crippen molar-refractivity contribution in [2.24, 2.45) is 5.73 Å². The van der Waals surface area contributed by atoms with Crippen molar-refractivity contribution in [3.8, 4) is 0 Å². The first-order valence-electron chi connectivity index (χ1n) is 3.75. The summed E-state index contributed by atoms with van der Waals surface area (Å²) in [6.07, 6.45) is -1.42. The molecule has 0 aliphatic carbocycles. The topological polar surface area (TPSA) is 38.9 Å². The van der Waals surface area contributed by atoms with Crippen LogP contribution in [-0.2, 0) is 0 Å². The van der Waals surface area contributed by atoms with Gasteiger partial charge in [-0.2, -0.15) is 0 Å². The third kappa shape index (κ3) is 2.18. The van der Waals surface area contributed by atoms with Gasteiger partial charge in [0.05, 0.1) is 11.6 Å². The molecule has 1 aromatic heterocycles. The summed E-state index contributed by atoms with van der Waals surface area (Å²) in [5, 5.41) is 0. The Labute approximate surface area is 73.6 Å². The molecule has 0 aliphatic heterocycles. The molecule has 1 atom stereocenters. The summed E-state index contributed by atoms with van der Waals surface area (Å²) < 4.78 is 37.5. The van der Waals surface area contributed by atoms with E-state index in [1.54, 1.807) is 0 Å². The number of nitrogens with zero attached hydrogens (tertiary/aromatic N) is 1. The Bertz CT molecular complexity index is 278. The van der Waals surface area contributed by atoms with E-state index in [2.05, 4.69) is 4.98 Å². The molecule has 0 aromatic carbocycles. The number of pyridine rings is 1. The third-order valence-corrected chi connectivity index (χ3v) is 1.70. The van der Waals surface area contributed by atoms with Gasteiger partial charge in [-0.1, -0.05) is 0 Å². The Kier molecular flexibility index (Phi) is 3.25. The second kappa shape index (κ2) is 4.23. The van der Waals surface area contributed by atoms with E-state index in [-0.39, 0.29) is 12.2 Å². The minimum Gasteiger partial charge on any atom is -0.330 e. The van der Waals surface area contributed by atoms with Crippen molar-refractivity contribution in [3.05, 3.63) is 29.8 Å². The van der Waals surface area contributed by atoms with Gasteiger partial charge in [0.25, 0.3) is 0 Å². The highest BCUT2D eigenvalue weighted by molar-refractivity contribution is 5.13. The Morgan fingerprint density at radius 3 is 2.62 bits per heavy atom. The van der Waals surface area contributed by atoms with Gasteiger partial charge in [0.15, 0.2) is 0 Å². The van der Waals surface area contributed by atoms with Crippen LogP contribution in [0.4, 0.5) is 13.2 Å². The summed E-state index contributed by atoms with van der Waals surface area (Å²) in [5.41, 5.74) is 4.82. The van der Waals surface area contributed by atoms with E-state index in [9.17, 15) is 13.2 Å². The van der Waals surface area contributed by atoms with E-state index in [1.165, 1.54) is 12.3 Å². The fourth-order valence-corrected chi connectivity index (χ4v) is 1.00. The van der Waals surface area contributed by atoms with Crippen LogP contribution in [0.25, 0.3) is 0 Å². The van der Waals surface area contributed by atoms with Crippen molar-refractivity contribution in [1.29, 1.82) is 0 Å². The standard InChI is InChI=1S/C8H9F3N2/c9-6-2-1-3-13-7(6)5(4-12)8(10)11/h1-3,5,8H,4,12H2. The van der Waals surface area contributed by atoms with Gasteiger partial charge in [0.1, 0.15) is 5.82 Å². The van der Waals surface area contributed by atoms with Crippen LogP contribution in [0.1, 0.15) is 11.6 Å². The van der Waals surface area contributed by atoms with Crippen molar-refractivity contribution in [3.63, 3.8) is 0 Å². The van der Waals surface area contributed by atoms with Crippen LogP contribution >= 0.6 is 0 Å². The fraction of sp³-hybridized carbons (Fsp3) is 0.375. The highest BCUT2D eigenvalue weighted by Gasteiger charge is 2.24. The molecule has 13 heavy (non-hydrogen) atoms. The molecule has 2 nitrogen and oxygen atoms in total. The number of alkyl halides is 2. The quantitative estimate of drug-likeness (QED) is 0.784. The maximum absolute atomic E-state index is 12.9. The minimum absolute atomic E-state index is 0.264. The third-order valence-electron chi connectivity index (χ3n) is 1.70. The highest BCUT2D eigenvalue weighted by Crippen LogP contribution is 2.22. The molecular formula is C8H9F3N2. The SMILES string of the molecule is NCC(c1ncccc1F)C(F)F. The van der Waals surface area contributed by atoms with Gasteiger partial charge >= 0.3 is 0 Å². The molecule has 2 N–H and O–H groups in total. The van der Waals surface area contributed by atoms with Crippen LogP contribution in [-0.4, -0.2) is 18.0 Å². The molecule has 0 radical (unpaired) electrons. The van der Waals surface area contributed by atoms with Crippen LogP contribution in [0.2, 0.25) is 0 Å². The van der Waals surface area contributed by atoms with Crippen molar-refractivity contribution < 1.29 is 13.2 Å². The molecule has 0 amide bonds. The monoisotopic (exact) mass is 190 g/mol. The number of hydrogen-bond acceptors (Lipinski definition) is 2. The van der Waals surface area contributed by atoms with E-state index < -0.39 is 18.2 Å². The molecule has 1 aromatic rings. The summed E-state index contributed by atoms with van der Waals surface area (Å²) >= 11 is 0. The summed E-state index contributed by atoms with van der Waals surface area (Å²) in [6, 6.07) is 2.44. The van der Waals surface area contributed by atoms with Crippen molar-refractivity contribution in [1.82, 2.24) is 4.98 Å². The minimum atomic E-state index is -2.69. The molecule has 0 fully saturated rings. The molecule has 0 spiro atoms. The zero-order chi connectivity index (χ0) is 9.84. The van der Waals surface area contributed by atoms with Gasteiger partial charge in [-0.15, -0.1) is 0 Å². The van der Waals surface area contributed by atoms with E-state index in [4.69, 9.17) is 5.73 Å². The maximum atomic E-state index is 12.9. The van der Waals surface area contributed by atoms with E-state index in [1.807, 2.05) is 0 Å². The van der Waals surface area contributed by atoms with Crippen molar-refractivity contribution >= 4 is 0 Å². The predicted molar refractivity (Wildman–Crippen MR) is 42.0 cm³/mol. The highest BCUT2D eigenvalue weighted by atomic mass is 19.3. The Morgan fingerprint density at radius 1 is 1.46 bits per heavy atom. The lowest BCUT2D eigenvalue weighted by Gasteiger charge is -2.12. The van der Waals surface area contributed by atoms with Crippen LogP contribution in [0.3, 0.4) is 0 Å². The molecule has 0 saturated carbocycles. The molecule has 1 rings (SSSR count). The predicted octanol–water partition coefficient (Wildman–Crippen LogP) is 1.53. The van der Waals surface area contributed by atoms with Crippen molar-refractivity contribution in [2.75, 3.05) is 6.54 Å². The van der Waals surface area contributed by atoms with Gasteiger partial charge < -0.3 is 5.73 Å². The van der Waals surface area contributed by atoms with E-state index in [0.717, 1.165) is 6.07 Å². The molecule has 0 bridgehead atoms. The average Bonchev–Trinajstić information content (AvgIpc) is 2.09. The van der Waals surface area contributed by atoms with Gasteiger partial charge in [-0.3, -0.25) is 4.98 Å². The normalized spacial score (nSPS) is 13.3. The summed E-state index contributed by atoms with van der Waals surface area (Å²) in [6.45, 7) is -0.314. The second-order valence-electron chi connectivity index (χ2n) is 2.55. The molecular weight excluding hydrogens is 181 g/mol. The molecule has 1 heterocycles. The number of rotatable bonds is 3. The summed E-state index contributed by atoms with van der Waals surface area (Å²) in [4.78, 5) is 3.54. The maximum Gasteiger partial charge on any atom is 0.248 e. The first kappa shape index (κ1) is 9.98. The Balaban J connectivity index is 2.97. The number of nitrogens with two attached hydrogens (primary N) is 1. The lowest BCUT2D eigenvalue weighted by molar-refractivity contribution is 0.113. The van der Waals surface area contributed by atoms with Crippen LogP contribution in [0.15, 0.2) is 18.3 Å². The molecule has 72 valence electrons. The van der Waals surface area contributed by atoms with Gasteiger partial charge in [-0.25, -0.2) is 13.2 Å². The smallest absolute Gasteiger partial charge is 0.248 e. The fourth-order valence-electron chi connectivity index (χ4n) is 1.00. The van der Waals surface area contributed by atoms with E-state index >= 15 is 0 Å². The van der Waals surface area contributed by atoms with Gasteiger partial charge in [0, 0.05) is 12.7 Å². The lowest BCUT2D eigenvalue weighted by atomic mass is 10.1. The van der Waals surface area contributed by atoms with Crippen LogP contribution in [0, 0.1) is 5.82 Å². The zero-order valence-corrected chi connectivity index (χ0v) is 6.75. The lowest BCUT2D eigenvalue weighted by Crippen LogP contribution is -2.21.